The van der Waals surface area contributed by atoms with Crippen molar-refractivity contribution in [3.8, 4) is 16.3 Å². The fourth-order valence-electron chi connectivity index (χ4n) is 2.06. The summed E-state index contributed by atoms with van der Waals surface area (Å²) >= 11 is 14.9. The summed E-state index contributed by atoms with van der Waals surface area (Å²) in [5.74, 6) is 0.477. The van der Waals surface area contributed by atoms with E-state index in [1.54, 1.807) is 29.5 Å². The molecule has 8 heteroatoms. The van der Waals surface area contributed by atoms with Gasteiger partial charge in [-0.1, -0.05) is 29.3 Å². The number of hydrogen-bond acceptors (Lipinski definition) is 5. The molecule has 2 aromatic heterocycles. The zero-order valence-electron chi connectivity index (χ0n) is 13.0. The van der Waals surface area contributed by atoms with Crippen molar-refractivity contribution in [2.45, 2.75) is 12.8 Å². The maximum absolute atomic E-state index is 12.0. The van der Waals surface area contributed by atoms with Gasteiger partial charge < -0.3 is 10.1 Å². The van der Waals surface area contributed by atoms with E-state index in [1.165, 1.54) is 11.3 Å². The molecule has 3 aromatic rings. The van der Waals surface area contributed by atoms with Crippen molar-refractivity contribution in [1.29, 1.82) is 0 Å². The molecule has 4 nitrogen and oxygen atoms in total. The van der Waals surface area contributed by atoms with Crippen molar-refractivity contribution in [1.82, 2.24) is 4.98 Å². The van der Waals surface area contributed by atoms with Gasteiger partial charge in [-0.25, -0.2) is 4.98 Å². The Kier molecular flexibility index (Phi) is 6.31. The molecule has 0 bridgehead atoms. The molecular formula is C17H14Cl2N2O2S2. The van der Waals surface area contributed by atoms with Gasteiger partial charge in [-0.3, -0.25) is 4.79 Å². The standard InChI is InChI=1S/C17H14Cl2N2O2S2/c18-11-5-6-14(12(19)9-11)23-7-1-4-16(22)21-17-20-13(10-25-17)15-3-2-8-24-15/h2-3,5-6,8-10H,1,4,7H2,(H,20,21,22). The summed E-state index contributed by atoms with van der Waals surface area (Å²) in [5, 5.41) is 8.38. The molecule has 2 heterocycles. The van der Waals surface area contributed by atoms with E-state index < -0.39 is 0 Å². The van der Waals surface area contributed by atoms with Gasteiger partial charge in [-0.15, -0.1) is 22.7 Å². The summed E-state index contributed by atoms with van der Waals surface area (Å²) in [7, 11) is 0. The number of benzene rings is 1. The van der Waals surface area contributed by atoms with Crippen molar-refractivity contribution in [2.24, 2.45) is 0 Å². The topological polar surface area (TPSA) is 51.2 Å². The van der Waals surface area contributed by atoms with E-state index in [1.807, 2.05) is 22.9 Å². The fourth-order valence-corrected chi connectivity index (χ4v) is 4.01. The summed E-state index contributed by atoms with van der Waals surface area (Å²) < 4.78 is 5.56. The lowest BCUT2D eigenvalue weighted by molar-refractivity contribution is -0.116. The number of thiazole rings is 1. The molecule has 0 aliphatic heterocycles. The molecule has 0 saturated heterocycles. The minimum Gasteiger partial charge on any atom is -0.492 e. The smallest absolute Gasteiger partial charge is 0.226 e. The number of amides is 1. The normalized spacial score (nSPS) is 10.6. The predicted molar refractivity (Wildman–Crippen MR) is 105 cm³/mol. The Balaban J connectivity index is 1.42. The van der Waals surface area contributed by atoms with Crippen LogP contribution in [-0.2, 0) is 4.79 Å². The highest BCUT2D eigenvalue weighted by Gasteiger charge is 2.09. The number of thiophene rings is 1. The number of hydrogen-bond donors (Lipinski definition) is 1. The van der Waals surface area contributed by atoms with Crippen molar-refractivity contribution in [2.75, 3.05) is 11.9 Å². The molecule has 3 rings (SSSR count). The monoisotopic (exact) mass is 412 g/mol. The minimum atomic E-state index is -0.0853. The van der Waals surface area contributed by atoms with Gasteiger partial charge in [0.1, 0.15) is 5.75 Å². The molecule has 1 aromatic carbocycles. The second-order valence-electron chi connectivity index (χ2n) is 5.09. The molecular weight excluding hydrogens is 399 g/mol. The van der Waals surface area contributed by atoms with Crippen LogP contribution in [0.3, 0.4) is 0 Å². The molecule has 0 radical (unpaired) electrons. The predicted octanol–water partition coefficient (Wildman–Crippen LogP) is 5.98. The third-order valence-corrected chi connectivity index (χ3v) is 5.40. The fraction of sp³-hybridized carbons (Fsp3) is 0.176. The van der Waals surface area contributed by atoms with Gasteiger partial charge in [0.25, 0.3) is 0 Å². The SMILES string of the molecule is O=C(CCCOc1ccc(Cl)cc1Cl)Nc1nc(-c2cccs2)cs1. The van der Waals surface area contributed by atoms with Crippen LogP contribution in [-0.4, -0.2) is 17.5 Å². The maximum Gasteiger partial charge on any atom is 0.226 e. The number of carbonyl (C=O) groups is 1. The van der Waals surface area contributed by atoms with E-state index in [0.29, 0.717) is 40.4 Å². The first-order chi connectivity index (χ1) is 12.1. The van der Waals surface area contributed by atoms with Gasteiger partial charge in [-0.2, -0.15) is 0 Å². The van der Waals surface area contributed by atoms with Crippen molar-refractivity contribution in [3.63, 3.8) is 0 Å². The van der Waals surface area contributed by atoms with E-state index in [-0.39, 0.29) is 5.91 Å². The number of anilines is 1. The molecule has 0 spiro atoms. The number of carbonyl (C=O) groups excluding carboxylic acids is 1. The summed E-state index contributed by atoms with van der Waals surface area (Å²) in [6, 6.07) is 9.03. The Labute approximate surface area is 163 Å². The summed E-state index contributed by atoms with van der Waals surface area (Å²) in [6.07, 6.45) is 0.924. The number of rotatable bonds is 7. The van der Waals surface area contributed by atoms with Gasteiger partial charge in [0, 0.05) is 16.8 Å². The molecule has 0 atom stereocenters. The van der Waals surface area contributed by atoms with Gasteiger partial charge >= 0.3 is 0 Å². The van der Waals surface area contributed by atoms with Crippen LogP contribution in [0.15, 0.2) is 41.1 Å². The largest absolute Gasteiger partial charge is 0.492 e. The number of nitrogens with one attached hydrogen (secondary N) is 1. The highest BCUT2D eigenvalue weighted by molar-refractivity contribution is 7.16. The molecule has 130 valence electrons. The Bertz CT molecular complexity index is 850. The number of halogens is 2. The van der Waals surface area contributed by atoms with E-state index in [2.05, 4.69) is 10.3 Å². The van der Waals surface area contributed by atoms with Crippen LogP contribution in [0.4, 0.5) is 5.13 Å². The lowest BCUT2D eigenvalue weighted by Crippen LogP contribution is -2.12. The van der Waals surface area contributed by atoms with Crippen LogP contribution >= 0.6 is 45.9 Å². The average molecular weight is 413 g/mol. The van der Waals surface area contributed by atoms with Crippen LogP contribution in [0.2, 0.25) is 10.0 Å². The molecule has 0 aliphatic carbocycles. The van der Waals surface area contributed by atoms with Crippen LogP contribution < -0.4 is 10.1 Å². The summed E-state index contributed by atoms with van der Waals surface area (Å²) in [6.45, 7) is 0.396. The van der Waals surface area contributed by atoms with Crippen molar-refractivity contribution >= 4 is 56.9 Å². The number of nitrogens with zero attached hydrogens (tertiary/aromatic N) is 1. The first kappa shape index (κ1) is 18.2. The van der Waals surface area contributed by atoms with E-state index in [0.717, 1.165) is 10.6 Å². The summed E-state index contributed by atoms with van der Waals surface area (Å²) in [4.78, 5) is 17.5. The number of aromatic nitrogens is 1. The van der Waals surface area contributed by atoms with Crippen LogP contribution in [0.5, 0.6) is 5.75 Å². The molecule has 0 aliphatic rings. The molecule has 1 amide bonds. The van der Waals surface area contributed by atoms with Gasteiger partial charge in [0.15, 0.2) is 5.13 Å². The van der Waals surface area contributed by atoms with Crippen molar-refractivity contribution in [3.05, 3.63) is 51.1 Å². The van der Waals surface area contributed by atoms with Crippen molar-refractivity contribution < 1.29 is 9.53 Å². The maximum atomic E-state index is 12.0. The van der Waals surface area contributed by atoms with Gasteiger partial charge in [-0.05, 0) is 36.1 Å². The average Bonchev–Trinajstić information content (AvgIpc) is 3.24. The molecule has 25 heavy (non-hydrogen) atoms. The molecule has 0 fully saturated rings. The Morgan fingerprint density at radius 1 is 1.24 bits per heavy atom. The summed E-state index contributed by atoms with van der Waals surface area (Å²) in [5.41, 5.74) is 0.885. The Morgan fingerprint density at radius 2 is 2.12 bits per heavy atom. The zero-order chi connectivity index (χ0) is 17.6. The second kappa shape index (κ2) is 8.67. The first-order valence-corrected chi connectivity index (χ1v) is 10.0. The van der Waals surface area contributed by atoms with E-state index in [9.17, 15) is 4.79 Å². The molecule has 1 N–H and O–H groups in total. The molecule has 0 unspecified atom stereocenters. The highest BCUT2D eigenvalue weighted by Crippen LogP contribution is 2.29. The van der Waals surface area contributed by atoms with Crippen LogP contribution in [0.25, 0.3) is 10.6 Å². The van der Waals surface area contributed by atoms with E-state index >= 15 is 0 Å². The third kappa shape index (κ3) is 5.19. The van der Waals surface area contributed by atoms with Gasteiger partial charge in [0.05, 0.1) is 22.2 Å². The van der Waals surface area contributed by atoms with Gasteiger partial charge in [0.2, 0.25) is 5.91 Å². The minimum absolute atomic E-state index is 0.0853. The lowest BCUT2D eigenvalue weighted by atomic mass is 10.3. The second-order valence-corrected chi connectivity index (χ2v) is 7.74. The number of ether oxygens (including phenoxy) is 1. The molecule has 0 saturated carbocycles. The lowest BCUT2D eigenvalue weighted by Gasteiger charge is -2.08. The Hall–Kier alpha value is -1.60. The van der Waals surface area contributed by atoms with E-state index in [4.69, 9.17) is 27.9 Å². The third-order valence-electron chi connectivity index (χ3n) is 3.22. The zero-order valence-corrected chi connectivity index (χ0v) is 16.1. The van der Waals surface area contributed by atoms with Crippen LogP contribution in [0.1, 0.15) is 12.8 Å². The Morgan fingerprint density at radius 3 is 2.88 bits per heavy atom. The highest BCUT2D eigenvalue weighted by atomic mass is 35.5. The quantitative estimate of drug-likeness (QED) is 0.485. The first-order valence-electron chi connectivity index (χ1n) is 7.49. The van der Waals surface area contributed by atoms with Crippen LogP contribution in [0, 0.1) is 0 Å².